The van der Waals surface area contributed by atoms with Crippen molar-refractivity contribution >= 4 is 27.5 Å². The zero-order chi connectivity index (χ0) is 28.4. The first-order valence-electron chi connectivity index (χ1n) is 13.2. The first-order chi connectivity index (χ1) is 18.7. The lowest BCUT2D eigenvalue weighted by Gasteiger charge is -2.33. The van der Waals surface area contributed by atoms with Gasteiger partial charge in [0.25, 0.3) is 10.0 Å². The summed E-state index contributed by atoms with van der Waals surface area (Å²) >= 11 is 0. The minimum Gasteiger partial charge on any atom is -0.354 e. The van der Waals surface area contributed by atoms with Gasteiger partial charge < -0.3 is 10.2 Å². The van der Waals surface area contributed by atoms with E-state index in [0.29, 0.717) is 24.2 Å². The van der Waals surface area contributed by atoms with Gasteiger partial charge in [-0.2, -0.15) is 0 Å². The Morgan fingerprint density at radius 3 is 2.05 bits per heavy atom. The van der Waals surface area contributed by atoms with E-state index in [2.05, 4.69) is 5.32 Å². The molecule has 0 aliphatic rings. The minimum atomic E-state index is -4.11. The van der Waals surface area contributed by atoms with Crippen LogP contribution in [-0.2, 0) is 32.6 Å². The van der Waals surface area contributed by atoms with Gasteiger partial charge in [-0.15, -0.1) is 0 Å². The predicted molar refractivity (Wildman–Crippen MR) is 151 cm³/mol. The van der Waals surface area contributed by atoms with Crippen LogP contribution in [0.2, 0.25) is 0 Å². The van der Waals surface area contributed by atoms with Crippen molar-refractivity contribution in [2.75, 3.05) is 17.4 Å². The molecule has 0 spiro atoms. The molecule has 0 radical (unpaired) electrons. The van der Waals surface area contributed by atoms with E-state index < -0.39 is 34.3 Å². The van der Waals surface area contributed by atoms with Crippen LogP contribution >= 0.6 is 0 Å². The van der Waals surface area contributed by atoms with Crippen LogP contribution in [0.5, 0.6) is 0 Å². The summed E-state index contributed by atoms with van der Waals surface area (Å²) in [5.74, 6) is -1.28. The van der Waals surface area contributed by atoms with E-state index in [4.69, 9.17) is 0 Å². The summed E-state index contributed by atoms with van der Waals surface area (Å²) in [6.45, 7) is 5.68. The van der Waals surface area contributed by atoms with Crippen molar-refractivity contribution < 1.29 is 22.4 Å². The lowest BCUT2D eigenvalue weighted by molar-refractivity contribution is -0.140. The maximum atomic E-state index is 13.9. The standard InChI is InChI=1S/C30H36FN3O4S/c1-4-20-32-30(36)28(6-3)33(21-24-12-16-25(31)17-13-24)29(35)22-34(26-18-14-23(5-2)15-19-26)39(37,38)27-10-8-7-9-11-27/h7-19,28H,4-6,20-22H2,1-3H3,(H,32,36). The van der Waals surface area contributed by atoms with E-state index in [1.807, 2.05) is 26.0 Å². The molecule has 3 aromatic carbocycles. The van der Waals surface area contributed by atoms with Gasteiger partial charge in [0.15, 0.2) is 0 Å². The number of carbonyl (C=O) groups is 2. The highest BCUT2D eigenvalue weighted by Crippen LogP contribution is 2.25. The van der Waals surface area contributed by atoms with Gasteiger partial charge in [0.1, 0.15) is 18.4 Å². The fourth-order valence-electron chi connectivity index (χ4n) is 4.22. The number of anilines is 1. The normalized spacial score (nSPS) is 12.0. The van der Waals surface area contributed by atoms with E-state index in [9.17, 15) is 22.4 Å². The number of nitrogens with zero attached hydrogens (tertiary/aromatic N) is 2. The smallest absolute Gasteiger partial charge is 0.264 e. The van der Waals surface area contributed by atoms with Gasteiger partial charge in [-0.3, -0.25) is 13.9 Å². The van der Waals surface area contributed by atoms with Crippen molar-refractivity contribution in [3.05, 3.63) is 95.8 Å². The molecule has 0 saturated heterocycles. The average Bonchev–Trinajstić information content (AvgIpc) is 2.96. The van der Waals surface area contributed by atoms with Crippen molar-refractivity contribution in [3.63, 3.8) is 0 Å². The summed E-state index contributed by atoms with van der Waals surface area (Å²) in [5, 5.41) is 2.84. The molecular formula is C30H36FN3O4S. The molecule has 0 bridgehead atoms. The van der Waals surface area contributed by atoms with E-state index in [-0.39, 0.29) is 17.3 Å². The lowest BCUT2D eigenvalue weighted by Crippen LogP contribution is -2.52. The van der Waals surface area contributed by atoms with Crippen molar-refractivity contribution in [2.45, 2.75) is 57.5 Å². The fourth-order valence-corrected chi connectivity index (χ4v) is 5.65. The van der Waals surface area contributed by atoms with Gasteiger partial charge in [0.05, 0.1) is 10.6 Å². The van der Waals surface area contributed by atoms with E-state index in [1.165, 1.54) is 29.2 Å². The third kappa shape index (κ3) is 7.66. The van der Waals surface area contributed by atoms with Crippen LogP contribution < -0.4 is 9.62 Å². The fraction of sp³-hybridized carbons (Fsp3) is 0.333. The van der Waals surface area contributed by atoms with Crippen LogP contribution in [0.15, 0.2) is 83.8 Å². The Balaban J connectivity index is 2.03. The van der Waals surface area contributed by atoms with E-state index in [0.717, 1.165) is 22.7 Å². The number of sulfonamides is 1. The number of halogens is 1. The number of amides is 2. The number of hydrogen-bond acceptors (Lipinski definition) is 4. The Hall–Kier alpha value is -3.72. The Bertz CT molecular complexity index is 1330. The molecule has 3 aromatic rings. The van der Waals surface area contributed by atoms with E-state index >= 15 is 0 Å². The van der Waals surface area contributed by atoms with Gasteiger partial charge in [0, 0.05) is 13.1 Å². The number of rotatable bonds is 13. The summed E-state index contributed by atoms with van der Waals surface area (Å²) in [5.41, 5.74) is 1.99. The molecule has 208 valence electrons. The highest BCUT2D eigenvalue weighted by atomic mass is 32.2. The van der Waals surface area contributed by atoms with Crippen molar-refractivity contribution in [2.24, 2.45) is 0 Å². The molecule has 1 unspecified atom stereocenters. The monoisotopic (exact) mass is 553 g/mol. The molecule has 7 nitrogen and oxygen atoms in total. The third-order valence-electron chi connectivity index (χ3n) is 6.44. The van der Waals surface area contributed by atoms with Crippen LogP contribution in [0, 0.1) is 5.82 Å². The Morgan fingerprint density at radius 1 is 0.872 bits per heavy atom. The number of aryl methyl sites for hydroxylation is 1. The van der Waals surface area contributed by atoms with Crippen LogP contribution in [-0.4, -0.2) is 44.3 Å². The first-order valence-corrected chi connectivity index (χ1v) is 14.6. The summed E-state index contributed by atoms with van der Waals surface area (Å²) in [6.07, 6.45) is 1.82. The molecule has 0 fully saturated rings. The molecule has 39 heavy (non-hydrogen) atoms. The Labute approximate surface area is 230 Å². The maximum Gasteiger partial charge on any atom is 0.264 e. The second kappa shape index (κ2) is 13.9. The van der Waals surface area contributed by atoms with Gasteiger partial charge in [-0.05, 0) is 66.8 Å². The summed E-state index contributed by atoms with van der Waals surface area (Å²) < 4.78 is 42.2. The SMILES string of the molecule is CCCNC(=O)C(CC)N(Cc1ccc(F)cc1)C(=O)CN(c1ccc(CC)cc1)S(=O)(=O)c1ccccc1. The zero-order valence-electron chi connectivity index (χ0n) is 22.6. The highest BCUT2D eigenvalue weighted by molar-refractivity contribution is 7.92. The number of carbonyl (C=O) groups excluding carboxylic acids is 2. The Kier molecular flexibility index (Phi) is 10.6. The largest absolute Gasteiger partial charge is 0.354 e. The number of benzene rings is 3. The first kappa shape index (κ1) is 29.8. The molecule has 2 amide bonds. The number of hydrogen-bond donors (Lipinski definition) is 1. The summed E-state index contributed by atoms with van der Waals surface area (Å²) in [6, 6.07) is 19.8. The number of nitrogens with one attached hydrogen (secondary N) is 1. The molecule has 0 heterocycles. The van der Waals surface area contributed by atoms with Crippen molar-refractivity contribution in [1.29, 1.82) is 0 Å². The van der Waals surface area contributed by atoms with Gasteiger partial charge in [0.2, 0.25) is 11.8 Å². The highest BCUT2D eigenvalue weighted by Gasteiger charge is 2.33. The quantitative estimate of drug-likeness (QED) is 0.326. The minimum absolute atomic E-state index is 0.0190. The molecule has 0 aliphatic carbocycles. The topological polar surface area (TPSA) is 86.8 Å². The Morgan fingerprint density at radius 2 is 1.49 bits per heavy atom. The zero-order valence-corrected chi connectivity index (χ0v) is 23.5. The van der Waals surface area contributed by atoms with Crippen LogP contribution in [0.1, 0.15) is 44.7 Å². The molecule has 0 aromatic heterocycles. The molecule has 1 N–H and O–H groups in total. The van der Waals surface area contributed by atoms with Gasteiger partial charge in [-0.1, -0.05) is 63.2 Å². The molecule has 9 heteroatoms. The van der Waals surface area contributed by atoms with Gasteiger partial charge >= 0.3 is 0 Å². The second-order valence-electron chi connectivity index (χ2n) is 9.21. The van der Waals surface area contributed by atoms with Crippen LogP contribution in [0.4, 0.5) is 10.1 Å². The van der Waals surface area contributed by atoms with Crippen molar-refractivity contribution in [3.8, 4) is 0 Å². The van der Waals surface area contributed by atoms with Crippen LogP contribution in [0.3, 0.4) is 0 Å². The molecular weight excluding hydrogens is 517 g/mol. The summed E-state index contributed by atoms with van der Waals surface area (Å²) in [4.78, 5) is 28.4. The van der Waals surface area contributed by atoms with Crippen molar-refractivity contribution in [1.82, 2.24) is 10.2 Å². The molecule has 3 rings (SSSR count). The second-order valence-corrected chi connectivity index (χ2v) is 11.1. The van der Waals surface area contributed by atoms with Gasteiger partial charge in [-0.25, -0.2) is 12.8 Å². The molecule has 0 saturated carbocycles. The summed E-state index contributed by atoms with van der Waals surface area (Å²) in [7, 11) is -4.11. The van der Waals surface area contributed by atoms with E-state index in [1.54, 1.807) is 49.4 Å². The molecule has 0 aliphatic heterocycles. The molecule has 1 atom stereocenters. The average molecular weight is 554 g/mol. The maximum absolute atomic E-state index is 13.9. The predicted octanol–water partition coefficient (Wildman–Crippen LogP) is 4.92. The third-order valence-corrected chi connectivity index (χ3v) is 8.23. The lowest BCUT2D eigenvalue weighted by atomic mass is 10.1. The van der Waals surface area contributed by atoms with Crippen LogP contribution in [0.25, 0.3) is 0 Å².